The first kappa shape index (κ1) is 19.3. The predicted octanol–water partition coefficient (Wildman–Crippen LogP) is 3.67. The largest absolute Gasteiger partial charge is 0.444 e. The topological polar surface area (TPSA) is 62.5 Å². The number of aryl methyl sites for hydroxylation is 2. The summed E-state index contributed by atoms with van der Waals surface area (Å²) in [5.74, 6) is 2.97. The first-order valence-electron chi connectivity index (χ1n) is 8.42. The molecule has 0 amide bonds. The van der Waals surface area contributed by atoms with E-state index in [0.717, 1.165) is 47.6 Å². The molecule has 0 saturated carbocycles. The van der Waals surface area contributed by atoms with E-state index in [0.29, 0.717) is 12.4 Å². The van der Waals surface area contributed by atoms with Crippen LogP contribution in [0.15, 0.2) is 38.6 Å². The zero-order valence-corrected chi connectivity index (χ0v) is 15.8. The van der Waals surface area contributed by atoms with Gasteiger partial charge in [-0.15, -0.1) is 11.8 Å². The summed E-state index contributed by atoms with van der Waals surface area (Å²) in [4.78, 5) is 9.91. The molecule has 5 nitrogen and oxygen atoms in total. The van der Waals surface area contributed by atoms with Crippen molar-refractivity contribution in [3.63, 3.8) is 0 Å². The van der Waals surface area contributed by atoms with Crippen LogP contribution in [0.1, 0.15) is 30.7 Å². The van der Waals surface area contributed by atoms with Gasteiger partial charge >= 0.3 is 0 Å². The number of hydrogen-bond acceptors (Lipinski definition) is 4. The lowest BCUT2D eigenvalue weighted by atomic mass is 10.4. The van der Waals surface area contributed by atoms with Crippen LogP contribution >= 0.6 is 11.8 Å². The normalized spacial score (nSPS) is 11.6. The van der Waals surface area contributed by atoms with Crippen LogP contribution in [0.3, 0.4) is 0 Å². The second kappa shape index (κ2) is 10.1. The minimum Gasteiger partial charge on any atom is -0.444 e. The number of aromatic nitrogens is 1. The van der Waals surface area contributed by atoms with Crippen molar-refractivity contribution >= 4 is 17.7 Å². The van der Waals surface area contributed by atoms with Crippen LogP contribution in [-0.4, -0.2) is 29.8 Å². The molecular weight excluding hydrogens is 339 g/mol. The lowest BCUT2D eigenvalue weighted by Crippen LogP contribution is -2.37. The van der Waals surface area contributed by atoms with E-state index in [1.54, 1.807) is 23.9 Å². The Bertz CT molecular complexity index is 665. The fourth-order valence-corrected chi connectivity index (χ4v) is 2.95. The average molecular weight is 364 g/mol. The van der Waals surface area contributed by atoms with E-state index >= 15 is 0 Å². The fourth-order valence-electron chi connectivity index (χ4n) is 2.10. The van der Waals surface area contributed by atoms with Gasteiger partial charge in [-0.05, 0) is 57.2 Å². The number of benzene rings is 1. The smallest absolute Gasteiger partial charge is 0.216 e. The van der Waals surface area contributed by atoms with Gasteiger partial charge in [0.25, 0.3) is 0 Å². The van der Waals surface area contributed by atoms with Crippen molar-refractivity contribution in [2.24, 2.45) is 4.99 Å². The number of thioether (sulfide) groups is 1. The van der Waals surface area contributed by atoms with Crippen LogP contribution in [0, 0.1) is 19.7 Å². The van der Waals surface area contributed by atoms with E-state index in [4.69, 9.17) is 4.42 Å². The molecule has 2 rings (SSSR count). The van der Waals surface area contributed by atoms with Gasteiger partial charge in [-0.2, -0.15) is 0 Å². The molecule has 1 aromatic carbocycles. The number of aliphatic imine (C=N–C) groups is 1. The number of nitrogens with one attached hydrogen (secondary N) is 2. The molecule has 1 aromatic heterocycles. The Morgan fingerprint density at radius 3 is 2.64 bits per heavy atom. The zero-order chi connectivity index (χ0) is 18.1. The Labute approximate surface area is 152 Å². The van der Waals surface area contributed by atoms with E-state index in [1.165, 1.54) is 12.1 Å². The molecule has 0 saturated heterocycles. The van der Waals surface area contributed by atoms with Crippen LogP contribution in [0.5, 0.6) is 0 Å². The molecule has 0 radical (unpaired) electrons. The van der Waals surface area contributed by atoms with Gasteiger partial charge in [0.15, 0.2) is 5.96 Å². The SMILES string of the molecule is CCNC(=NCc1nc(C)c(C)o1)NCCCSc1ccc(F)cc1. The second-order valence-electron chi connectivity index (χ2n) is 5.53. The van der Waals surface area contributed by atoms with Gasteiger partial charge in [-0.25, -0.2) is 14.4 Å². The molecule has 0 atom stereocenters. The molecule has 0 fully saturated rings. The minimum absolute atomic E-state index is 0.200. The maximum atomic E-state index is 12.9. The molecule has 2 aromatic rings. The third-order valence-electron chi connectivity index (χ3n) is 3.49. The van der Waals surface area contributed by atoms with E-state index in [2.05, 4.69) is 20.6 Å². The number of halogens is 1. The lowest BCUT2D eigenvalue weighted by Gasteiger charge is -2.10. The van der Waals surface area contributed by atoms with Gasteiger partial charge in [-0.1, -0.05) is 0 Å². The third-order valence-corrected chi connectivity index (χ3v) is 4.58. The maximum Gasteiger partial charge on any atom is 0.216 e. The van der Waals surface area contributed by atoms with E-state index in [9.17, 15) is 4.39 Å². The maximum absolute atomic E-state index is 12.9. The Balaban J connectivity index is 1.73. The third kappa shape index (κ3) is 6.78. The van der Waals surface area contributed by atoms with Crippen molar-refractivity contribution < 1.29 is 8.81 Å². The summed E-state index contributed by atoms with van der Waals surface area (Å²) in [6.07, 6.45) is 0.976. The number of nitrogens with zero attached hydrogens (tertiary/aromatic N) is 2. The molecule has 7 heteroatoms. The summed E-state index contributed by atoms with van der Waals surface area (Å²) in [6.45, 7) is 7.87. The standard InChI is InChI=1S/C18H25FN4OS/c1-4-20-18(22-12-17-23-13(2)14(3)24-17)21-10-5-11-25-16-8-6-15(19)7-9-16/h6-9H,4-5,10-12H2,1-3H3,(H2,20,21,22). The Kier molecular flexibility index (Phi) is 7.78. The number of hydrogen-bond donors (Lipinski definition) is 2. The molecule has 0 aliphatic rings. The summed E-state index contributed by atoms with van der Waals surface area (Å²) in [7, 11) is 0. The molecule has 0 unspecified atom stereocenters. The molecule has 2 N–H and O–H groups in total. The van der Waals surface area contributed by atoms with Crippen LogP contribution in [0.2, 0.25) is 0 Å². The molecule has 0 spiro atoms. The first-order valence-corrected chi connectivity index (χ1v) is 9.40. The lowest BCUT2D eigenvalue weighted by molar-refractivity contribution is 0.473. The fraction of sp³-hybridized carbons (Fsp3) is 0.444. The van der Waals surface area contributed by atoms with Crippen molar-refractivity contribution in [3.05, 3.63) is 47.4 Å². The Morgan fingerprint density at radius 2 is 2.00 bits per heavy atom. The zero-order valence-electron chi connectivity index (χ0n) is 14.9. The summed E-state index contributed by atoms with van der Waals surface area (Å²) < 4.78 is 18.4. The number of guanidine groups is 1. The van der Waals surface area contributed by atoms with Crippen LogP contribution in [0.25, 0.3) is 0 Å². The molecule has 25 heavy (non-hydrogen) atoms. The summed E-state index contributed by atoms with van der Waals surface area (Å²) in [6, 6.07) is 6.59. The van der Waals surface area contributed by atoms with Crippen molar-refractivity contribution in [2.75, 3.05) is 18.8 Å². The van der Waals surface area contributed by atoms with E-state index in [1.807, 2.05) is 20.8 Å². The van der Waals surface area contributed by atoms with E-state index < -0.39 is 0 Å². The van der Waals surface area contributed by atoms with Crippen molar-refractivity contribution in [1.29, 1.82) is 0 Å². The first-order chi connectivity index (χ1) is 12.1. The summed E-state index contributed by atoms with van der Waals surface area (Å²) >= 11 is 1.72. The highest BCUT2D eigenvalue weighted by molar-refractivity contribution is 7.99. The molecule has 136 valence electrons. The van der Waals surface area contributed by atoms with Gasteiger partial charge < -0.3 is 15.1 Å². The summed E-state index contributed by atoms with van der Waals surface area (Å²) in [5.41, 5.74) is 0.904. The Morgan fingerprint density at radius 1 is 1.24 bits per heavy atom. The van der Waals surface area contributed by atoms with Crippen molar-refractivity contribution in [3.8, 4) is 0 Å². The quantitative estimate of drug-likeness (QED) is 0.324. The van der Waals surface area contributed by atoms with Crippen molar-refractivity contribution in [1.82, 2.24) is 15.6 Å². The molecular formula is C18H25FN4OS. The number of oxazole rings is 1. The molecule has 0 aliphatic carbocycles. The van der Waals surface area contributed by atoms with Gasteiger partial charge in [0.05, 0.1) is 5.69 Å². The second-order valence-corrected chi connectivity index (χ2v) is 6.70. The molecule has 1 heterocycles. The van der Waals surface area contributed by atoms with Crippen molar-refractivity contribution in [2.45, 2.75) is 38.6 Å². The van der Waals surface area contributed by atoms with Crippen LogP contribution in [0.4, 0.5) is 4.39 Å². The van der Waals surface area contributed by atoms with Gasteiger partial charge in [-0.3, -0.25) is 0 Å². The predicted molar refractivity (Wildman–Crippen MR) is 101 cm³/mol. The van der Waals surface area contributed by atoms with E-state index in [-0.39, 0.29) is 5.82 Å². The highest BCUT2D eigenvalue weighted by atomic mass is 32.2. The van der Waals surface area contributed by atoms with Gasteiger partial charge in [0.2, 0.25) is 5.89 Å². The monoisotopic (exact) mass is 364 g/mol. The highest BCUT2D eigenvalue weighted by Crippen LogP contribution is 2.18. The van der Waals surface area contributed by atoms with Crippen LogP contribution < -0.4 is 10.6 Å². The highest BCUT2D eigenvalue weighted by Gasteiger charge is 2.05. The number of rotatable bonds is 8. The van der Waals surface area contributed by atoms with Gasteiger partial charge in [0.1, 0.15) is 18.1 Å². The minimum atomic E-state index is -0.200. The molecule has 0 bridgehead atoms. The molecule has 0 aliphatic heterocycles. The van der Waals surface area contributed by atoms with Gasteiger partial charge in [0, 0.05) is 18.0 Å². The van der Waals surface area contributed by atoms with Crippen LogP contribution in [-0.2, 0) is 6.54 Å². The average Bonchev–Trinajstić information content (AvgIpc) is 2.92. The summed E-state index contributed by atoms with van der Waals surface area (Å²) in [5, 5.41) is 6.51. The Hall–Kier alpha value is -2.02.